The van der Waals surface area contributed by atoms with Crippen molar-refractivity contribution < 1.29 is 0 Å². The molecule has 3 aromatic heterocycles. The summed E-state index contributed by atoms with van der Waals surface area (Å²) in [7, 11) is -3.19. The third-order valence-electron chi connectivity index (χ3n) is 11.3. The van der Waals surface area contributed by atoms with E-state index in [1.54, 1.807) is 0 Å². The second kappa shape index (κ2) is 11.4. The van der Waals surface area contributed by atoms with Crippen LogP contribution in [0.25, 0.3) is 82.5 Å². The molecule has 0 fully saturated rings. The minimum atomic E-state index is -1.59. The number of fused-ring (bicyclic) bond motifs is 9. The van der Waals surface area contributed by atoms with Gasteiger partial charge in [0.1, 0.15) is 0 Å². The van der Waals surface area contributed by atoms with Crippen LogP contribution < -0.4 is 10.4 Å². The molecule has 0 atom stereocenters. The molecule has 0 amide bonds. The Kier molecular flexibility index (Phi) is 6.92. The summed E-state index contributed by atoms with van der Waals surface area (Å²) >= 11 is 0. The van der Waals surface area contributed by atoms with Crippen LogP contribution in [0.5, 0.6) is 0 Å². The van der Waals surface area contributed by atoms with Crippen LogP contribution in [0.2, 0.25) is 39.3 Å². The van der Waals surface area contributed by atoms with Crippen LogP contribution in [0, 0.1) is 0 Å². The number of hydrogen-bond acceptors (Lipinski definition) is 0. The first-order valence-electron chi connectivity index (χ1n) is 18.8. The van der Waals surface area contributed by atoms with Gasteiger partial charge in [-0.1, -0.05) is 147 Å². The molecule has 3 nitrogen and oxygen atoms in total. The van der Waals surface area contributed by atoms with Gasteiger partial charge in [-0.25, -0.2) is 0 Å². The topological polar surface area (TPSA) is 14.8 Å². The molecule has 10 aromatic rings. The van der Waals surface area contributed by atoms with Crippen molar-refractivity contribution in [3.05, 3.63) is 152 Å². The van der Waals surface area contributed by atoms with E-state index in [1.807, 2.05) is 0 Å². The predicted octanol–water partition coefficient (Wildman–Crippen LogP) is 12.1. The molecule has 3 heterocycles. The predicted molar refractivity (Wildman–Crippen MR) is 235 cm³/mol. The standard InChI is InChI=1S/C48H43N3Si2/c1-52(2,3)35-23-25-41-39-17-9-13-21-45(39)50(47(41)30-35)33-27-32(49-43-19-11-7-15-37(43)38-16-8-12-20-44(38)49)28-34(29-33)51-46-22-14-10-18-40(46)42-26-24-36(31-48(42)51)53(4,5)6/h7-31H,1-6H3. The first kappa shape index (κ1) is 32.1. The third kappa shape index (κ3) is 4.91. The number of rotatable bonds is 5. The molecular formula is C48H43N3Si2. The summed E-state index contributed by atoms with van der Waals surface area (Å²) in [5.41, 5.74) is 10.9. The first-order valence-corrected chi connectivity index (χ1v) is 25.8. The van der Waals surface area contributed by atoms with E-state index in [4.69, 9.17) is 0 Å². The fourth-order valence-electron chi connectivity index (χ4n) is 8.60. The van der Waals surface area contributed by atoms with Crippen molar-refractivity contribution in [1.29, 1.82) is 0 Å². The van der Waals surface area contributed by atoms with E-state index in [0.29, 0.717) is 0 Å². The maximum absolute atomic E-state index is 2.52. The fourth-order valence-corrected chi connectivity index (χ4v) is 10.9. The zero-order valence-corrected chi connectivity index (χ0v) is 33.3. The Bertz CT molecular complexity index is 2880. The van der Waals surface area contributed by atoms with E-state index < -0.39 is 16.1 Å². The van der Waals surface area contributed by atoms with Crippen molar-refractivity contribution in [3.8, 4) is 17.1 Å². The van der Waals surface area contributed by atoms with Gasteiger partial charge in [-0.2, -0.15) is 0 Å². The largest absolute Gasteiger partial charge is 0.309 e. The fraction of sp³-hybridized carbons (Fsp3) is 0.125. The highest BCUT2D eigenvalue weighted by atomic mass is 28.3. The number of aromatic nitrogens is 3. The first-order chi connectivity index (χ1) is 25.6. The molecule has 0 bridgehead atoms. The van der Waals surface area contributed by atoms with Gasteiger partial charge in [-0.05, 0) is 54.6 Å². The van der Waals surface area contributed by atoms with E-state index in [9.17, 15) is 0 Å². The molecule has 0 radical (unpaired) electrons. The SMILES string of the molecule is C[Si](C)(C)c1ccc2c3ccccc3n(-c3cc(-n4c5ccccc5c5ccccc54)cc(-n4c5ccccc5c5ccc([Si](C)(C)C)cc54)c3)c2c1. The Hall–Kier alpha value is -5.63. The van der Waals surface area contributed by atoms with E-state index in [-0.39, 0.29) is 0 Å². The number of hydrogen-bond donors (Lipinski definition) is 0. The van der Waals surface area contributed by atoms with E-state index in [0.717, 1.165) is 17.1 Å². The van der Waals surface area contributed by atoms with Crippen LogP contribution in [0.3, 0.4) is 0 Å². The molecule has 0 N–H and O–H groups in total. The summed E-state index contributed by atoms with van der Waals surface area (Å²) in [5.74, 6) is 0. The van der Waals surface area contributed by atoms with Gasteiger partial charge in [0.25, 0.3) is 0 Å². The van der Waals surface area contributed by atoms with Crippen LogP contribution >= 0.6 is 0 Å². The molecular weight excluding hydrogens is 675 g/mol. The Balaban J connectivity index is 1.38. The smallest absolute Gasteiger partial charge is 0.0776 e. The third-order valence-corrected chi connectivity index (χ3v) is 15.4. The van der Waals surface area contributed by atoms with Gasteiger partial charge in [0, 0.05) is 32.3 Å². The van der Waals surface area contributed by atoms with Crippen molar-refractivity contribution in [1.82, 2.24) is 13.7 Å². The quantitative estimate of drug-likeness (QED) is 0.157. The molecule has 0 aliphatic rings. The van der Waals surface area contributed by atoms with Gasteiger partial charge >= 0.3 is 0 Å². The second-order valence-corrected chi connectivity index (χ2v) is 26.9. The molecule has 0 aliphatic carbocycles. The lowest BCUT2D eigenvalue weighted by Crippen LogP contribution is -2.37. The molecule has 0 saturated carbocycles. The van der Waals surface area contributed by atoms with E-state index in [1.165, 1.54) is 75.8 Å². The monoisotopic (exact) mass is 717 g/mol. The molecule has 0 aliphatic heterocycles. The van der Waals surface area contributed by atoms with Gasteiger partial charge in [0.15, 0.2) is 0 Å². The molecule has 53 heavy (non-hydrogen) atoms. The summed E-state index contributed by atoms with van der Waals surface area (Å²) in [6, 6.07) is 57.2. The summed E-state index contributed by atoms with van der Waals surface area (Å²) in [5, 5.41) is 10.6. The molecule has 0 unspecified atom stereocenters. The highest BCUT2D eigenvalue weighted by Crippen LogP contribution is 2.39. The van der Waals surface area contributed by atoms with Gasteiger partial charge in [-0.3, -0.25) is 0 Å². The van der Waals surface area contributed by atoms with E-state index >= 15 is 0 Å². The molecule has 0 spiro atoms. The molecule has 258 valence electrons. The number of nitrogens with zero attached hydrogens (tertiary/aromatic N) is 3. The van der Waals surface area contributed by atoms with Crippen molar-refractivity contribution in [2.24, 2.45) is 0 Å². The Labute approximate surface area is 312 Å². The summed E-state index contributed by atoms with van der Waals surface area (Å²) < 4.78 is 7.52. The average Bonchev–Trinajstić information content (AvgIpc) is 3.79. The second-order valence-electron chi connectivity index (χ2n) is 16.7. The molecule has 5 heteroatoms. The molecule has 0 saturated heterocycles. The zero-order valence-electron chi connectivity index (χ0n) is 31.3. The highest BCUT2D eigenvalue weighted by Gasteiger charge is 2.23. The van der Waals surface area contributed by atoms with Crippen LogP contribution in [0.1, 0.15) is 0 Å². The minimum Gasteiger partial charge on any atom is -0.309 e. The average molecular weight is 718 g/mol. The van der Waals surface area contributed by atoms with Crippen LogP contribution in [0.4, 0.5) is 0 Å². The Morgan fingerprint density at radius 2 is 0.547 bits per heavy atom. The van der Waals surface area contributed by atoms with E-state index in [2.05, 4.69) is 205 Å². The Morgan fingerprint density at radius 3 is 0.849 bits per heavy atom. The van der Waals surface area contributed by atoms with Crippen LogP contribution in [0.15, 0.2) is 152 Å². The summed E-state index contributed by atoms with van der Waals surface area (Å²) in [4.78, 5) is 0. The van der Waals surface area contributed by atoms with Gasteiger partial charge in [-0.15, -0.1) is 0 Å². The lowest BCUT2D eigenvalue weighted by atomic mass is 10.1. The van der Waals surface area contributed by atoms with Gasteiger partial charge < -0.3 is 13.7 Å². The van der Waals surface area contributed by atoms with Gasteiger partial charge in [0.2, 0.25) is 0 Å². The molecule has 7 aromatic carbocycles. The number of benzene rings is 7. The lowest BCUT2D eigenvalue weighted by molar-refractivity contribution is 1.10. The van der Waals surface area contributed by atoms with Crippen LogP contribution in [-0.2, 0) is 0 Å². The van der Waals surface area contributed by atoms with Crippen molar-refractivity contribution in [3.63, 3.8) is 0 Å². The van der Waals surface area contributed by atoms with Crippen molar-refractivity contribution in [2.75, 3.05) is 0 Å². The lowest BCUT2D eigenvalue weighted by Gasteiger charge is -2.20. The normalized spacial score (nSPS) is 12.7. The van der Waals surface area contributed by atoms with Crippen LogP contribution in [-0.4, -0.2) is 29.8 Å². The maximum Gasteiger partial charge on any atom is 0.0776 e. The maximum atomic E-state index is 2.52. The highest BCUT2D eigenvalue weighted by molar-refractivity contribution is 6.89. The minimum absolute atomic E-state index is 1.15. The number of para-hydroxylation sites is 4. The van der Waals surface area contributed by atoms with Gasteiger partial charge in [0.05, 0.1) is 66.3 Å². The zero-order chi connectivity index (χ0) is 36.2. The Morgan fingerprint density at radius 1 is 0.283 bits per heavy atom. The van der Waals surface area contributed by atoms with Crippen molar-refractivity contribution in [2.45, 2.75) is 39.3 Å². The summed E-state index contributed by atoms with van der Waals surface area (Å²) in [6.45, 7) is 14.7. The molecule has 10 rings (SSSR count). The van der Waals surface area contributed by atoms with Crippen molar-refractivity contribution >= 4 is 91.9 Å². The summed E-state index contributed by atoms with van der Waals surface area (Å²) in [6.07, 6.45) is 0.